The fourth-order valence-electron chi connectivity index (χ4n) is 1.55. The van der Waals surface area contributed by atoms with Gasteiger partial charge >= 0.3 is 0 Å². The predicted octanol–water partition coefficient (Wildman–Crippen LogP) is 3.91. The highest BCUT2D eigenvalue weighted by molar-refractivity contribution is 6.32. The van der Waals surface area contributed by atoms with E-state index in [0.717, 1.165) is 12.3 Å². The molecule has 0 amide bonds. The Morgan fingerprint density at radius 2 is 1.45 bits per heavy atom. The smallest absolute Gasteiger partial charge is 0.200 e. The molecule has 0 unspecified atom stereocenters. The van der Waals surface area contributed by atoms with Gasteiger partial charge in [0, 0.05) is 17.3 Å². The summed E-state index contributed by atoms with van der Waals surface area (Å²) < 4.78 is 66.4. The molecule has 20 heavy (non-hydrogen) atoms. The van der Waals surface area contributed by atoms with E-state index in [1.165, 1.54) is 0 Å². The van der Waals surface area contributed by atoms with Crippen LogP contribution in [0.5, 0.6) is 0 Å². The molecule has 0 bridgehead atoms. The number of halogens is 6. The van der Waals surface area contributed by atoms with Crippen LogP contribution in [0.4, 0.5) is 22.0 Å². The summed E-state index contributed by atoms with van der Waals surface area (Å²) in [5.41, 5.74) is -1.93. The highest BCUT2D eigenvalue weighted by Crippen LogP contribution is 2.34. The van der Waals surface area contributed by atoms with E-state index in [1.807, 2.05) is 0 Å². The van der Waals surface area contributed by atoms with Crippen LogP contribution < -0.4 is 0 Å². The molecule has 0 radical (unpaired) electrons. The third kappa shape index (κ3) is 2.14. The van der Waals surface area contributed by atoms with Gasteiger partial charge in [0.25, 0.3) is 0 Å². The van der Waals surface area contributed by atoms with Gasteiger partial charge in [-0.3, -0.25) is 4.79 Å². The molecule has 0 aliphatic rings. The minimum absolute atomic E-state index is 0.131. The Bertz CT molecular complexity index is 690. The van der Waals surface area contributed by atoms with Gasteiger partial charge < -0.3 is 0 Å². The molecule has 0 aliphatic heterocycles. The van der Waals surface area contributed by atoms with Gasteiger partial charge in [-0.15, -0.1) is 0 Å². The first kappa shape index (κ1) is 14.4. The van der Waals surface area contributed by atoms with Crippen molar-refractivity contribution in [1.29, 1.82) is 0 Å². The quantitative estimate of drug-likeness (QED) is 0.277. The van der Waals surface area contributed by atoms with Crippen LogP contribution in [0.2, 0.25) is 5.15 Å². The highest BCUT2D eigenvalue weighted by Gasteiger charge is 2.28. The maximum absolute atomic E-state index is 13.6. The van der Waals surface area contributed by atoms with Gasteiger partial charge in [0.15, 0.2) is 29.6 Å². The van der Waals surface area contributed by atoms with Gasteiger partial charge in [0.2, 0.25) is 5.82 Å². The zero-order chi connectivity index (χ0) is 15.0. The molecule has 0 N–H and O–H groups in total. The lowest BCUT2D eigenvalue weighted by Crippen LogP contribution is -2.05. The van der Waals surface area contributed by atoms with Crippen molar-refractivity contribution in [3.63, 3.8) is 0 Å². The number of aromatic nitrogens is 1. The predicted molar refractivity (Wildman–Crippen MR) is 59.9 cm³/mol. The van der Waals surface area contributed by atoms with Crippen molar-refractivity contribution in [1.82, 2.24) is 4.98 Å². The van der Waals surface area contributed by atoms with Crippen molar-refractivity contribution in [2.45, 2.75) is 0 Å². The van der Waals surface area contributed by atoms with E-state index < -0.39 is 45.4 Å². The molecule has 1 heterocycles. The molecular weight excluding hydrogens is 305 g/mol. The zero-order valence-electron chi connectivity index (χ0n) is 9.36. The van der Waals surface area contributed by atoms with Crippen LogP contribution in [0.15, 0.2) is 12.3 Å². The van der Waals surface area contributed by atoms with Gasteiger partial charge in [0.05, 0.1) is 5.56 Å². The molecule has 1 aromatic heterocycles. The van der Waals surface area contributed by atoms with Gasteiger partial charge in [0.1, 0.15) is 5.15 Å². The van der Waals surface area contributed by atoms with Crippen molar-refractivity contribution in [2.24, 2.45) is 0 Å². The Balaban J connectivity index is 2.86. The Labute approximate surface area is 113 Å². The summed E-state index contributed by atoms with van der Waals surface area (Å²) in [6.45, 7) is 0. The highest BCUT2D eigenvalue weighted by atomic mass is 35.5. The fraction of sp³-hybridized carbons (Fsp3) is 0. The van der Waals surface area contributed by atoms with E-state index in [9.17, 15) is 26.7 Å². The van der Waals surface area contributed by atoms with Crippen LogP contribution in [-0.2, 0) is 0 Å². The normalized spacial score (nSPS) is 10.7. The van der Waals surface area contributed by atoms with Crippen LogP contribution in [-0.4, -0.2) is 11.3 Å². The average molecular weight is 308 g/mol. The Kier molecular flexibility index (Phi) is 3.71. The molecule has 2 nitrogen and oxygen atoms in total. The summed E-state index contributed by atoms with van der Waals surface area (Å²) >= 11 is 5.58. The van der Waals surface area contributed by atoms with Crippen LogP contribution in [0.3, 0.4) is 0 Å². The van der Waals surface area contributed by atoms with Crippen molar-refractivity contribution in [3.8, 4) is 11.1 Å². The molecule has 1 aromatic carbocycles. The topological polar surface area (TPSA) is 30.0 Å². The summed E-state index contributed by atoms with van der Waals surface area (Å²) in [7, 11) is 0. The largest absolute Gasteiger partial charge is 0.298 e. The number of rotatable bonds is 2. The van der Waals surface area contributed by atoms with Crippen molar-refractivity contribution >= 4 is 17.9 Å². The molecular formula is C12H3ClF5NO. The minimum Gasteiger partial charge on any atom is -0.298 e. The van der Waals surface area contributed by atoms with E-state index in [4.69, 9.17) is 11.6 Å². The first-order chi connectivity index (χ1) is 9.38. The number of carbonyl (C=O) groups is 1. The van der Waals surface area contributed by atoms with Crippen molar-refractivity contribution in [2.75, 3.05) is 0 Å². The zero-order valence-corrected chi connectivity index (χ0v) is 10.1. The molecule has 0 fully saturated rings. The monoisotopic (exact) mass is 307 g/mol. The Morgan fingerprint density at radius 3 is 1.95 bits per heavy atom. The van der Waals surface area contributed by atoms with Crippen LogP contribution >= 0.6 is 11.6 Å². The molecule has 0 spiro atoms. The van der Waals surface area contributed by atoms with Gasteiger partial charge in [-0.1, -0.05) is 11.6 Å². The summed E-state index contributed by atoms with van der Waals surface area (Å²) in [6, 6.07) is 0.876. The number of benzene rings is 1. The Hall–Kier alpha value is -2.02. The molecule has 0 saturated heterocycles. The number of pyridine rings is 1. The molecule has 2 aromatic rings. The lowest BCUT2D eigenvalue weighted by molar-refractivity contribution is 0.112. The first-order valence-electron chi connectivity index (χ1n) is 5.01. The standard InChI is InChI=1S/C12H3ClF5NO/c13-12-5(1-4(3-20)2-19-12)6-7(14)9(16)11(18)10(17)8(6)15/h1-3H. The lowest BCUT2D eigenvalue weighted by Gasteiger charge is -2.09. The molecule has 8 heteroatoms. The van der Waals surface area contributed by atoms with Gasteiger partial charge in [-0.2, -0.15) is 0 Å². The summed E-state index contributed by atoms with van der Waals surface area (Å²) in [4.78, 5) is 14.0. The molecule has 104 valence electrons. The van der Waals surface area contributed by atoms with Crippen molar-refractivity contribution in [3.05, 3.63) is 52.1 Å². The summed E-state index contributed by atoms with van der Waals surface area (Å²) in [5.74, 6) is -10.6. The lowest BCUT2D eigenvalue weighted by atomic mass is 10.0. The van der Waals surface area contributed by atoms with Crippen molar-refractivity contribution < 1.29 is 26.7 Å². The second-order valence-electron chi connectivity index (χ2n) is 3.67. The van der Waals surface area contributed by atoms with E-state index in [0.29, 0.717) is 6.29 Å². The maximum Gasteiger partial charge on any atom is 0.200 e. The van der Waals surface area contributed by atoms with E-state index in [2.05, 4.69) is 4.98 Å². The SMILES string of the molecule is O=Cc1cnc(Cl)c(-c2c(F)c(F)c(F)c(F)c2F)c1. The van der Waals surface area contributed by atoms with E-state index in [-0.39, 0.29) is 5.56 Å². The third-order valence-electron chi connectivity index (χ3n) is 2.48. The molecule has 0 aliphatic carbocycles. The Morgan fingerprint density at radius 1 is 0.950 bits per heavy atom. The number of hydrogen-bond donors (Lipinski definition) is 0. The van der Waals surface area contributed by atoms with Crippen LogP contribution in [0.25, 0.3) is 11.1 Å². The molecule has 0 atom stereocenters. The third-order valence-corrected chi connectivity index (χ3v) is 2.78. The molecule has 2 rings (SSSR count). The van der Waals surface area contributed by atoms with E-state index in [1.54, 1.807) is 0 Å². The maximum atomic E-state index is 13.6. The second-order valence-corrected chi connectivity index (χ2v) is 4.03. The molecule has 0 saturated carbocycles. The number of nitrogens with zero attached hydrogens (tertiary/aromatic N) is 1. The van der Waals surface area contributed by atoms with Crippen LogP contribution in [0, 0.1) is 29.1 Å². The number of aldehydes is 1. The summed E-state index contributed by atoms with van der Waals surface area (Å²) in [6.07, 6.45) is 1.28. The minimum atomic E-state index is -2.28. The first-order valence-corrected chi connectivity index (χ1v) is 5.38. The number of hydrogen-bond acceptors (Lipinski definition) is 2. The second kappa shape index (κ2) is 5.16. The average Bonchev–Trinajstić information content (AvgIpc) is 2.45. The van der Waals surface area contributed by atoms with E-state index >= 15 is 0 Å². The van der Waals surface area contributed by atoms with Gasteiger partial charge in [-0.25, -0.2) is 26.9 Å². The fourth-order valence-corrected chi connectivity index (χ4v) is 1.74. The summed E-state index contributed by atoms with van der Waals surface area (Å²) in [5, 5.41) is -0.501. The van der Waals surface area contributed by atoms with Gasteiger partial charge in [-0.05, 0) is 6.07 Å². The van der Waals surface area contributed by atoms with Crippen LogP contribution in [0.1, 0.15) is 10.4 Å². The number of carbonyl (C=O) groups excluding carboxylic acids is 1.